The van der Waals surface area contributed by atoms with Crippen LogP contribution in [0.15, 0.2) is 30.3 Å². The van der Waals surface area contributed by atoms with Crippen molar-refractivity contribution in [1.29, 1.82) is 0 Å². The van der Waals surface area contributed by atoms with Gasteiger partial charge in [-0.2, -0.15) is 0 Å². The first-order chi connectivity index (χ1) is 12.0. The highest BCUT2D eigenvalue weighted by Crippen LogP contribution is 2.23. The van der Waals surface area contributed by atoms with Gasteiger partial charge in [-0.05, 0) is 44.6 Å². The molecule has 1 aromatic carbocycles. The zero-order chi connectivity index (χ0) is 17.9. The zero-order valence-corrected chi connectivity index (χ0v) is 14.7. The van der Waals surface area contributed by atoms with Crippen LogP contribution >= 0.6 is 0 Å². The number of rotatable bonds is 5. The summed E-state index contributed by atoms with van der Waals surface area (Å²) in [5.41, 5.74) is 0.170. The first-order valence-electron chi connectivity index (χ1n) is 8.95. The Morgan fingerprint density at radius 1 is 1.12 bits per heavy atom. The molecular formula is C19H25N3O3. The summed E-state index contributed by atoms with van der Waals surface area (Å²) >= 11 is 0. The molecule has 2 aliphatic heterocycles. The van der Waals surface area contributed by atoms with Crippen molar-refractivity contribution in [2.45, 2.75) is 44.6 Å². The molecule has 2 saturated heterocycles. The third-order valence-electron chi connectivity index (χ3n) is 5.10. The fourth-order valence-corrected chi connectivity index (χ4v) is 3.48. The summed E-state index contributed by atoms with van der Waals surface area (Å²) in [5.74, 6) is -0.450. The van der Waals surface area contributed by atoms with Crippen molar-refractivity contribution in [3.63, 3.8) is 0 Å². The van der Waals surface area contributed by atoms with Crippen LogP contribution in [0.2, 0.25) is 0 Å². The molecule has 3 rings (SSSR count). The maximum Gasteiger partial charge on any atom is 0.325 e. The van der Waals surface area contributed by atoms with Crippen LogP contribution in [0, 0.1) is 0 Å². The van der Waals surface area contributed by atoms with Crippen molar-refractivity contribution >= 4 is 17.8 Å². The zero-order valence-electron chi connectivity index (χ0n) is 14.7. The van der Waals surface area contributed by atoms with E-state index in [0.717, 1.165) is 29.7 Å². The van der Waals surface area contributed by atoms with Crippen molar-refractivity contribution < 1.29 is 14.4 Å². The van der Waals surface area contributed by atoms with Crippen molar-refractivity contribution in [3.05, 3.63) is 35.9 Å². The molecule has 1 aromatic rings. The van der Waals surface area contributed by atoms with Gasteiger partial charge in [0.1, 0.15) is 12.1 Å². The molecule has 0 aromatic heterocycles. The molecule has 6 heteroatoms. The Kier molecular flexibility index (Phi) is 5.06. The highest BCUT2D eigenvalue weighted by molar-refractivity contribution is 6.08. The molecule has 2 aliphatic rings. The summed E-state index contributed by atoms with van der Waals surface area (Å²) in [6, 6.07) is 9.39. The third kappa shape index (κ3) is 3.83. The SMILES string of the molecule is C[C@]1(CCc2ccccc2)NC(=O)N(CC(=O)N2CCCCC2)C1=O. The Morgan fingerprint density at radius 2 is 1.80 bits per heavy atom. The number of aryl methyl sites for hydroxylation is 1. The fourth-order valence-electron chi connectivity index (χ4n) is 3.48. The molecule has 1 N–H and O–H groups in total. The van der Waals surface area contributed by atoms with Crippen LogP contribution in [0.3, 0.4) is 0 Å². The molecule has 2 fully saturated rings. The fraction of sp³-hybridized carbons (Fsp3) is 0.526. The number of benzene rings is 1. The van der Waals surface area contributed by atoms with E-state index in [2.05, 4.69) is 5.32 Å². The Labute approximate surface area is 148 Å². The predicted molar refractivity (Wildman–Crippen MR) is 93.8 cm³/mol. The van der Waals surface area contributed by atoms with Gasteiger partial charge in [0.2, 0.25) is 5.91 Å². The molecular weight excluding hydrogens is 318 g/mol. The lowest BCUT2D eigenvalue weighted by Crippen LogP contribution is -2.47. The van der Waals surface area contributed by atoms with Crippen LogP contribution in [0.25, 0.3) is 0 Å². The maximum absolute atomic E-state index is 12.7. The smallest absolute Gasteiger partial charge is 0.325 e. The van der Waals surface area contributed by atoms with Crippen molar-refractivity contribution in [1.82, 2.24) is 15.1 Å². The second kappa shape index (κ2) is 7.25. The van der Waals surface area contributed by atoms with Gasteiger partial charge in [-0.15, -0.1) is 0 Å². The van der Waals surface area contributed by atoms with E-state index in [1.807, 2.05) is 30.3 Å². The van der Waals surface area contributed by atoms with E-state index in [0.29, 0.717) is 25.9 Å². The van der Waals surface area contributed by atoms with Gasteiger partial charge < -0.3 is 10.2 Å². The van der Waals surface area contributed by atoms with Gasteiger partial charge in [-0.25, -0.2) is 4.79 Å². The molecule has 6 nitrogen and oxygen atoms in total. The van der Waals surface area contributed by atoms with E-state index < -0.39 is 11.6 Å². The van der Waals surface area contributed by atoms with Crippen LogP contribution in [0.1, 0.15) is 38.2 Å². The van der Waals surface area contributed by atoms with E-state index in [4.69, 9.17) is 0 Å². The second-order valence-electron chi connectivity index (χ2n) is 7.08. The highest BCUT2D eigenvalue weighted by atomic mass is 16.2. The number of amides is 4. The van der Waals surface area contributed by atoms with Crippen LogP contribution in [-0.2, 0) is 16.0 Å². The monoisotopic (exact) mass is 343 g/mol. The van der Waals surface area contributed by atoms with Gasteiger partial charge >= 0.3 is 6.03 Å². The average molecular weight is 343 g/mol. The lowest BCUT2D eigenvalue weighted by molar-refractivity contribution is -0.139. The molecule has 2 heterocycles. The number of hydrogen-bond donors (Lipinski definition) is 1. The lowest BCUT2D eigenvalue weighted by atomic mass is 9.93. The Balaban J connectivity index is 1.61. The van der Waals surface area contributed by atoms with Crippen molar-refractivity contribution in [2.75, 3.05) is 19.6 Å². The molecule has 0 saturated carbocycles. The highest BCUT2D eigenvalue weighted by Gasteiger charge is 2.48. The van der Waals surface area contributed by atoms with Gasteiger partial charge in [-0.3, -0.25) is 14.5 Å². The average Bonchev–Trinajstić information content (AvgIpc) is 2.85. The van der Waals surface area contributed by atoms with Gasteiger partial charge in [0.15, 0.2) is 0 Å². The Hall–Kier alpha value is -2.37. The first-order valence-corrected chi connectivity index (χ1v) is 8.95. The lowest BCUT2D eigenvalue weighted by Gasteiger charge is -2.28. The van der Waals surface area contributed by atoms with Crippen LogP contribution in [0.4, 0.5) is 4.79 Å². The standard InChI is InChI=1S/C19H25N3O3/c1-19(11-10-15-8-4-2-5-9-15)17(24)22(18(25)20-19)14-16(23)21-12-6-3-7-13-21/h2,4-5,8-9H,3,6-7,10-14H2,1H3,(H,20,25)/t19-/m1/s1. The van der Waals surface area contributed by atoms with Gasteiger partial charge in [0, 0.05) is 13.1 Å². The molecule has 1 atom stereocenters. The normalized spacial score (nSPS) is 23.7. The Morgan fingerprint density at radius 3 is 2.48 bits per heavy atom. The summed E-state index contributed by atoms with van der Waals surface area (Å²) in [4.78, 5) is 40.2. The van der Waals surface area contributed by atoms with Gasteiger partial charge in [0.05, 0.1) is 0 Å². The topological polar surface area (TPSA) is 69.7 Å². The number of nitrogens with zero attached hydrogens (tertiary/aromatic N) is 2. The van der Waals surface area contributed by atoms with Crippen molar-refractivity contribution in [2.24, 2.45) is 0 Å². The number of nitrogens with one attached hydrogen (secondary N) is 1. The van der Waals surface area contributed by atoms with Gasteiger partial charge in [-0.1, -0.05) is 30.3 Å². The predicted octanol–water partition coefficient (Wildman–Crippen LogP) is 1.94. The molecule has 0 aliphatic carbocycles. The van der Waals surface area contributed by atoms with Crippen molar-refractivity contribution in [3.8, 4) is 0 Å². The van der Waals surface area contributed by atoms with Crippen LogP contribution in [0.5, 0.6) is 0 Å². The quantitative estimate of drug-likeness (QED) is 0.831. The summed E-state index contributed by atoms with van der Waals surface area (Å²) in [6.45, 7) is 3.01. The van der Waals surface area contributed by atoms with E-state index >= 15 is 0 Å². The summed E-state index contributed by atoms with van der Waals surface area (Å²) in [6.07, 6.45) is 4.30. The largest absolute Gasteiger partial charge is 0.341 e. The summed E-state index contributed by atoms with van der Waals surface area (Å²) in [5, 5.41) is 2.78. The number of hydrogen-bond acceptors (Lipinski definition) is 3. The number of urea groups is 1. The van der Waals surface area contributed by atoms with E-state index in [1.54, 1.807) is 11.8 Å². The molecule has 0 radical (unpaired) electrons. The molecule has 4 amide bonds. The number of carbonyl (C=O) groups excluding carboxylic acids is 3. The Bertz CT molecular complexity index is 655. The van der Waals surface area contributed by atoms with Crippen LogP contribution < -0.4 is 5.32 Å². The van der Waals surface area contributed by atoms with Gasteiger partial charge in [0.25, 0.3) is 5.91 Å². The van der Waals surface area contributed by atoms with Crippen LogP contribution in [-0.4, -0.2) is 52.8 Å². The molecule has 0 bridgehead atoms. The minimum Gasteiger partial charge on any atom is -0.341 e. The van der Waals surface area contributed by atoms with E-state index in [-0.39, 0.29) is 18.4 Å². The number of piperidine rings is 1. The molecule has 0 unspecified atom stereocenters. The second-order valence-corrected chi connectivity index (χ2v) is 7.08. The summed E-state index contributed by atoms with van der Waals surface area (Å²) in [7, 11) is 0. The van der Waals surface area contributed by atoms with E-state index in [1.165, 1.54) is 0 Å². The number of likely N-dealkylation sites (tertiary alicyclic amines) is 1. The molecule has 134 valence electrons. The first kappa shape index (κ1) is 17.5. The molecule has 25 heavy (non-hydrogen) atoms. The maximum atomic E-state index is 12.7. The molecule has 0 spiro atoms. The third-order valence-corrected chi connectivity index (χ3v) is 5.10. The summed E-state index contributed by atoms with van der Waals surface area (Å²) < 4.78 is 0. The van der Waals surface area contributed by atoms with E-state index in [9.17, 15) is 14.4 Å². The number of imide groups is 1. The minimum atomic E-state index is -0.949. The number of carbonyl (C=O) groups is 3. The minimum absolute atomic E-state index is 0.143.